The molecule has 0 aliphatic rings. The molecule has 0 heterocycles. The predicted molar refractivity (Wildman–Crippen MR) is 193 cm³/mol. The maximum absolute atomic E-state index is 11.7. The van der Waals surface area contributed by atoms with Gasteiger partial charge >= 0.3 is 11.9 Å². The van der Waals surface area contributed by atoms with Gasteiger partial charge in [0.1, 0.15) is 6.04 Å². The molecule has 0 aromatic heterocycles. The Labute approximate surface area is 284 Å². The van der Waals surface area contributed by atoms with E-state index in [0.717, 1.165) is 25.7 Å². The standard InChI is InChI=1S/C22H46O.C17H31NO5/c1-2-3-4-5-6-7-8-9-10-11-12-13-14-15-16-17-18-19-20-21-22-23;1-2-3-4-5-6-7-8-9-10-11-15(19)18-14(17(22)23)12-13-16(20)21/h23H,2-22H2,1H3;14H,2-13H2,1H3,(H,18,19)(H,20,21)(H,22,23)/t;14-/m.0/s1. The van der Waals surface area contributed by atoms with E-state index in [2.05, 4.69) is 19.2 Å². The second-order valence-electron chi connectivity index (χ2n) is 13.4. The van der Waals surface area contributed by atoms with Gasteiger partial charge in [-0.15, -0.1) is 0 Å². The van der Waals surface area contributed by atoms with Crippen molar-refractivity contribution in [2.45, 2.75) is 225 Å². The summed E-state index contributed by atoms with van der Waals surface area (Å²) in [6, 6.07) is -1.11. The van der Waals surface area contributed by atoms with Crippen LogP contribution in [0.3, 0.4) is 0 Å². The monoisotopic (exact) mass is 656 g/mol. The average molecular weight is 656 g/mol. The lowest BCUT2D eigenvalue weighted by atomic mass is 10.0. The molecule has 0 aromatic carbocycles. The molecular formula is C39H77NO6. The summed E-state index contributed by atoms with van der Waals surface area (Å²) in [6.45, 7) is 4.86. The van der Waals surface area contributed by atoms with Crippen LogP contribution in [0.15, 0.2) is 0 Å². The lowest BCUT2D eigenvalue weighted by molar-refractivity contribution is -0.143. The smallest absolute Gasteiger partial charge is 0.326 e. The molecule has 0 saturated heterocycles. The maximum Gasteiger partial charge on any atom is 0.326 e. The van der Waals surface area contributed by atoms with Crippen molar-refractivity contribution in [2.24, 2.45) is 0 Å². The molecule has 0 bridgehead atoms. The number of carboxylic acid groups (broad SMARTS) is 2. The molecule has 0 unspecified atom stereocenters. The van der Waals surface area contributed by atoms with Crippen LogP contribution >= 0.6 is 0 Å². The molecule has 1 amide bonds. The van der Waals surface area contributed by atoms with Crippen LogP contribution in [-0.2, 0) is 14.4 Å². The van der Waals surface area contributed by atoms with Crippen LogP contribution in [-0.4, -0.2) is 45.8 Å². The van der Waals surface area contributed by atoms with Gasteiger partial charge in [-0.25, -0.2) is 4.79 Å². The number of aliphatic hydroxyl groups is 1. The van der Waals surface area contributed by atoms with E-state index in [1.165, 1.54) is 161 Å². The van der Waals surface area contributed by atoms with Gasteiger partial charge in [-0.3, -0.25) is 9.59 Å². The third-order valence-corrected chi connectivity index (χ3v) is 8.80. The number of carbonyl (C=O) groups excluding carboxylic acids is 1. The molecule has 0 saturated carbocycles. The Balaban J connectivity index is 0. The molecule has 0 radical (unpaired) electrons. The zero-order valence-electron chi connectivity index (χ0n) is 30.5. The Morgan fingerprint density at radius 2 is 0.761 bits per heavy atom. The first-order valence-corrected chi connectivity index (χ1v) is 19.7. The highest BCUT2D eigenvalue weighted by molar-refractivity contribution is 5.83. The maximum atomic E-state index is 11.7. The van der Waals surface area contributed by atoms with Crippen LogP contribution in [0.25, 0.3) is 0 Å². The van der Waals surface area contributed by atoms with Gasteiger partial charge in [0.2, 0.25) is 5.91 Å². The molecule has 0 aliphatic heterocycles. The van der Waals surface area contributed by atoms with Crippen LogP contribution in [0.1, 0.15) is 219 Å². The molecule has 0 fully saturated rings. The van der Waals surface area contributed by atoms with Crippen LogP contribution in [0.4, 0.5) is 0 Å². The van der Waals surface area contributed by atoms with E-state index in [9.17, 15) is 14.4 Å². The summed E-state index contributed by atoms with van der Waals surface area (Å²) in [5, 5.41) is 28.6. The molecule has 46 heavy (non-hydrogen) atoms. The van der Waals surface area contributed by atoms with Crippen LogP contribution in [0.5, 0.6) is 0 Å². The first-order chi connectivity index (χ1) is 22.4. The van der Waals surface area contributed by atoms with Gasteiger partial charge in [-0.1, -0.05) is 187 Å². The van der Waals surface area contributed by atoms with Gasteiger partial charge in [0.05, 0.1) is 0 Å². The lowest BCUT2D eigenvalue weighted by Gasteiger charge is -2.13. The Morgan fingerprint density at radius 1 is 0.457 bits per heavy atom. The van der Waals surface area contributed by atoms with Crippen molar-refractivity contribution in [1.82, 2.24) is 5.32 Å². The van der Waals surface area contributed by atoms with Crippen molar-refractivity contribution in [1.29, 1.82) is 0 Å². The highest BCUT2D eigenvalue weighted by Crippen LogP contribution is 2.15. The molecule has 0 aliphatic carbocycles. The Morgan fingerprint density at radius 3 is 1.04 bits per heavy atom. The third kappa shape index (κ3) is 40.4. The molecular weight excluding hydrogens is 578 g/mol. The number of hydrogen-bond acceptors (Lipinski definition) is 4. The summed E-state index contributed by atoms with van der Waals surface area (Å²) in [4.78, 5) is 33.1. The van der Waals surface area contributed by atoms with E-state index >= 15 is 0 Å². The summed E-state index contributed by atoms with van der Waals surface area (Å²) >= 11 is 0. The summed E-state index contributed by atoms with van der Waals surface area (Å²) in [5.74, 6) is -2.57. The fourth-order valence-corrected chi connectivity index (χ4v) is 5.75. The number of hydrogen-bond donors (Lipinski definition) is 4. The van der Waals surface area contributed by atoms with Crippen molar-refractivity contribution in [3.8, 4) is 0 Å². The molecule has 0 rings (SSSR count). The summed E-state index contributed by atoms with van der Waals surface area (Å²) < 4.78 is 0. The fourth-order valence-electron chi connectivity index (χ4n) is 5.75. The predicted octanol–water partition coefficient (Wildman–Crippen LogP) is 11.1. The molecule has 274 valence electrons. The lowest BCUT2D eigenvalue weighted by Crippen LogP contribution is -2.41. The molecule has 7 heteroatoms. The van der Waals surface area contributed by atoms with Crippen molar-refractivity contribution in [3.63, 3.8) is 0 Å². The molecule has 0 spiro atoms. The minimum atomic E-state index is -1.19. The summed E-state index contributed by atoms with van der Waals surface area (Å²) in [6.07, 6.45) is 38.4. The van der Waals surface area contributed by atoms with Gasteiger partial charge in [0.15, 0.2) is 0 Å². The van der Waals surface area contributed by atoms with Crippen LogP contribution in [0.2, 0.25) is 0 Å². The first-order valence-electron chi connectivity index (χ1n) is 19.7. The number of nitrogens with one attached hydrogen (secondary N) is 1. The quantitative estimate of drug-likeness (QED) is 0.0504. The summed E-state index contributed by atoms with van der Waals surface area (Å²) in [5.41, 5.74) is 0. The van der Waals surface area contributed by atoms with Crippen molar-refractivity contribution in [3.05, 3.63) is 0 Å². The number of aliphatic hydroxyl groups excluding tert-OH is 1. The number of unbranched alkanes of at least 4 members (excludes halogenated alkanes) is 27. The van der Waals surface area contributed by atoms with Gasteiger partial charge < -0.3 is 20.6 Å². The number of rotatable bonds is 35. The van der Waals surface area contributed by atoms with Crippen molar-refractivity contribution < 1.29 is 29.7 Å². The number of carbonyl (C=O) groups is 3. The van der Waals surface area contributed by atoms with Gasteiger partial charge in [-0.05, 0) is 19.3 Å². The van der Waals surface area contributed by atoms with Crippen LogP contribution in [0, 0.1) is 0 Å². The normalized spacial score (nSPS) is 11.5. The zero-order chi connectivity index (χ0) is 34.4. The second kappa shape index (κ2) is 39.5. The first kappa shape index (κ1) is 46.5. The second-order valence-corrected chi connectivity index (χ2v) is 13.4. The Kier molecular flexibility index (Phi) is 40.0. The third-order valence-electron chi connectivity index (χ3n) is 8.80. The fraction of sp³-hybridized carbons (Fsp3) is 0.923. The highest BCUT2D eigenvalue weighted by Gasteiger charge is 2.20. The molecule has 1 atom stereocenters. The van der Waals surface area contributed by atoms with Gasteiger partial charge in [0, 0.05) is 19.4 Å². The molecule has 4 N–H and O–H groups in total. The van der Waals surface area contributed by atoms with Gasteiger partial charge in [0.25, 0.3) is 0 Å². The van der Waals surface area contributed by atoms with E-state index in [0.29, 0.717) is 13.0 Å². The van der Waals surface area contributed by atoms with Crippen LogP contribution < -0.4 is 5.32 Å². The van der Waals surface area contributed by atoms with E-state index in [-0.39, 0.29) is 18.7 Å². The molecule has 7 nitrogen and oxygen atoms in total. The largest absolute Gasteiger partial charge is 0.481 e. The van der Waals surface area contributed by atoms with E-state index in [1.807, 2.05) is 0 Å². The zero-order valence-corrected chi connectivity index (χ0v) is 30.5. The highest BCUT2D eigenvalue weighted by atomic mass is 16.4. The average Bonchev–Trinajstić information content (AvgIpc) is 3.03. The SMILES string of the molecule is CCCCCCCCCCCC(=O)N[C@@H](CCC(=O)O)C(=O)O.CCCCCCCCCCCCCCCCCCCCCCO. The topological polar surface area (TPSA) is 124 Å². The Bertz CT molecular complexity index is 636. The number of carboxylic acids is 2. The number of aliphatic carboxylic acids is 2. The Hall–Kier alpha value is -1.63. The van der Waals surface area contributed by atoms with E-state index in [1.54, 1.807) is 0 Å². The minimum absolute atomic E-state index is 0.0891. The molecule has 0 aromatic rings. The van der Waals surface area contributed by atoms with E-state index < -0.39 is 18.0 Å². The van der Waals surface area contributed by atoms with Crippen molar-refractivity contribution >= 4 is 17.8 Å². The number of amides is 1. The van der Waals surface area contributed by atoms with Crippen molar-refractivity contribution in [2.75, 3.05) is 6.61 Å². The summed E-state index contributed by atoms with van der Waals surface area (Å²) in [7, 11) is 0. The minimum Gasteiger partial charge on any atom is -0.481 e. The van der Waals surface area contributed by atoms with Gasteiger partial charge in [-0.2, -0.15) is 0 Å². The van der Waals surface area contributed by atoms with E-state index in [4.69, 9.17) is 15.3 Å².